The molecule has 1 aliphatic rings. The summed E-state index contributed by atoms with van der Waals surface area (Å²) in [4.78, 5) is 16.2. The van der Waals surface area contributed by atoms with E-state index in [0.717, 1.165) is 36.8 Å². The van der Waals surface area contributed by atoms with Crippen molar-refractivity contribution in [3.05, 3.63) is 35.9 Å². The van der Waals surface area contributed by atoms with Crippen molar-refractivity contribution >= 4 is 39.6 Å². The first-order chi connectivity index (χ1) is 17.5. The minimum absolute atomic E-state index is 0.0884. The molecule has 7 atom stereocenters. The molecule has 0 unspecified atom stereocenters. The molecule has 3 rings (SSSR count). The predicted molar refractivity (Wildman–Crippen MR) is 158 cm³/mol. The summed E-state index contributed by atoms with van der Waals surface area (Å²) in [5, 5.41) is 0. The van der Waals surface area contributed by atoms with E-state index in [1.807, 2.05) is 32.5 Å². The van der Waals surface area contributed by atoms with Crippen LogP contribution in [0.25, 0.3) is 10.2 Å². The van der Waals surface area contributed by atoms with Crippen LogP contribution < -0.4 is 0 Å². The number of carbonyl (C=O) groups excluding carboxylic acids is 1. The van der Waals surface area contributed by atoms with E-state index < -0.39 is 5.79 Å². The molecule has 0 bridgehead atoms. The minimum Gasteiger partial charge on any atom is -0.347 e. The van der Waals surface area contributed by atoms with Crippen LogP contribution in [-0.4, -0.2) is 35.0 Å². The zero-order valence-electron chi connectivity index (χ0n) is 24.0. The monoisotopic (exact) mass is 545 g/mol. The molecule has 1 fully saturated rings. The molecule has 6 heteroatoms. The Morgan fingerprint density at radius 1 is 1.16 bits per heavy atom. The van der Waals surface area contributed by atoms with E-state index in [0.29, 0.717) is 17.8 Å². The van der Waals surface area contributed by atoms with Gasteiger partial charge in [0.1, 0.15) is 6.29 Å². The highest BCUT2D eigenvalue weighted by Crippen LogP contribution is 2.37. The number of para-hydroxylation sites is 1. The van der Waals surface area contributed by atoms with Gasteiger partial charge in [0.15, 0.2) is 10.1 Å². The molecule has 2 aromatic rings. The van der Waals surface area contributed by atoms with Crippen molar-refractivity contribution in [2.75, 3.05) is 5.75 Å². The zero-order chi connectivity index (χ0) is 27.2. The molecule has 2 heterocycles. The van der Waals surface area contributed by atoms with Gasteiger partial charge in [-0.3, -0.25) is 0 Å². The standard InChI is InChI=1S/C31H47NO3S2/c1-20(13-14-27-25(6)29(24(5)18-33)35-31(7,8)34-27)15-21(2)16-22(3)17-23(4)19-36-30-32-26-11-9-10-12-28(26)37-30/h9-12,15,18,20,22-25,27,29H,13-14,16-17,19H2,1-8H3/b21-15+/t20-,22+,23-,24-,25-,27+,29+/m0/s1. The van der Waals surface area contributed by atoms with Gasteiger partial charge in [0.25, 0.3) is 0 Å². The summed E-state index contributed by atoms with van der Waals surface area (Å²) >= 11 is 3.71. The highest BCUT2D eigenvalue weighted by molar-refractivity contribution is 8.01. The van der Waals surface area contributed by atoms with E-state index in [2.05, 4.69) is 65.0 Å². The van der Waals surface area contributed by atoms with Gasteiger partial charge in [-0.05, 0) is 76.3 Å². The van der Waals surface area contributed by atoms with E-state index in [4.69, 9.17) is 14.5 Å². The fraction of sp³-hybridized carbons (Fsp3) is 0.677. The Morgan fingerprint density at radius 2 is 1.89 bits per heavy atom. The third-order valence-corrected chi connectivity index (χ3v) is 9.92. The van der Waals surface area contributed by atoms with Gasteiger partial charge in [-0.15, -0.1) is 11.3 Å². The number of benzene rings is 1. The van der Waals surface area contributed by atoms with Crippen molar-refractivity contribution in [1.29, 1.82) is 0 Å². The predicted octanol–water partition coefficient (Wildman–Crippen LogP) is 8.79. The van der Waals surface area contributed by atoms with E-state index in [1.54, 1.807) is 11.3 Å². The van der Waals surface area contributed by atoms with Gasteiger partial charge in [-0.2, -0.15) is 0 Å². The third-order valence-electron chi connectivity index (χ3n) is 7.41. The Morgan fingerprint density at radius 3 is 2.59 bits per heavy atom. The Kier molecular flexibility index (Phi) is 11.3. The van der Waals surface area contributed by atoms with E-state index >= 15 is 0 Å². The molecule has 1 aromatic carbocycles. The molecule has 4 nitrogen and oxygen atoms in total. The first kappa shape index (κ1) is 30.3. The number of aromatic nitrogens is 1. The molecular formula is C31H47NO3S2. The molecule has 0 N–H and O–H groups in total. The second kappa shape index (κ2) is 13.7. The minimum atomic E-state index is -0.647. The van der Waals surface area contributed by atoms with Crippen molar-refractivity contribution in [3.8, 4) is 0 Å². The van der Waals surface area contributed by atoms with Crippen LogP contribution in [0, 0.1) is 29.6 Å². The smallest absolute Gasteiger partial charge is 0.163 e. The number of allylic oxidation sites excluding steroid dienone is 2. The van der Waals surface area contributed by atoms with Crippen molar-refractivity contribution in [2.24, 2.45) is 29.6 Å². The summed E-state index contributed by atoms with van der Waals surface area (Å²) in [6, 6.07) is 8.40. The molecule has 0 radical (unpaired) electrons. The number of thiazole rings is 1. The van der Waals surface area contributed by atoms with Crippen LogP contribution in [0.3, 0.4) is 0 Å². The van der Waals surface area contributed by atoms with Gasteiger partial charge in [0.05, 0.1) is 22.4 Å². The van der Waals surface area contributed by atoms with E-state index in [9.17, 15) is 4.79 Å². The lowest BCUT2D eigenvalue weighted by Gasteiger charge is -2.46. The normalized spacial score (nSPS) is 25.5. The molecule has 1 aliphatic heterocycles. The zero-order valence-corrected chi connectivity index (χ0v) is 25.7. The molecule has 37 heavy (non-hydrogen) atoms. The maximum absolute atomic E-state index is 11.4. The SMILES string of the molecule is C/C(=C\[C@@H](C)CC[C@H]1OC(C)(C)O[C@H]([C@@H](C)C=O)[C@H]1C)C[C@@H](C)C[C@H](C)CSc1nc2ccccc2s1. The molecule has 0 saturated carbocycles. The Hall–Kier alpha value is -1.21. The Balaban J connectivity index is 1.42. The Labute approximate surface area is 233 Å². The molecule has 0 spiro atoms. The van der Waals surface area contributed by atoms with Crippen LogP contribution in [-0.2, 0) is 14.3 Å². The average Bonchev–Trinajstić information content (AvgIpc) is 3.25. The molecule has 1 saturated heterocycles. The average molecular weight is 546 g/mol. The summed E-state index contributed by atoms with van der Waals surface area (Å²) in [6.07, 6.45) is 7.93. The third kappa shape index (κ3) is 9.19. The number of hydrogen-bond acceptors (Lipinski definition) is 6. The van der Waals surface area contributed by atoms with Crippen LogP contribution in [0.5, 0.6) is 0 Å². The summed E-state index contributed by atoms with van der Waals surface area (Å²) < 4.78 is 14.8. The lowest BCUT2D eigenvalue weighted by Crippen LogP contribution is -2.52. The molecule has 0 amide bonds. The van der Waals surface area contributed by atoms with E-state index in [-0.39, 0.29) is 24.0 Å². The molecule has 1 aromatic heterocycles. The maximum Gasteiger partial charge on any atom is 0.163 e. The van der Waals surface area contributed by atoms with Crippen LogP contribution in [0.1, 0.15) is 81.1 Å². The summed E-state index contributed by atoms with van der Waals surface area (Å²) in [7, 11) is 0. The number of fused-ring (bicyclic) bond motifs is 1. The van der Waals surface area contributed by atoms with Gasteiger partial charge < -0.3 is 14.3 Å². The summed E-state index contributed by atoms with van der Waals surface area (Å²) in [6.45, 7) is 17.4. The largest absolute Gasteiger partial charge is 0.347 e. The fourth-order valence-electron chi connectivity index (χ4n) is 5.71. The quantitative estimate of drug-likeness (QED) is 0.143. The molecule has 0 aliphatic carbocycles. The number of nitrogens with zero attached hydrogens (tertiary/aromatic N) is 1. The number of hydrogen-bond donors (Lipinski definition) is 0. The topological polar surface area (TPSA) is 48.4 Å². The first-order valence-corrected chi connectivity index (χ1v) is 15.7. The highest BCUT2D eigenvalue weighted by Gasteiger charge is 2.42. The number of rotatable bonds is 13. The van der Waals surface area contributed by atoms with Crippen molar-refractivity contribution < 1.29 is 14.3 Å². The second-order valence-electron chi connectivity index (χ2n) is 12.0. The van der Waals surface area contributed by atoms with Crippen LogP contribution in [0.4, 0.5) is 0 Å². The lowest BCUT2D eigenvalue weighted by molar-refractivity contribution is -0.325. The number of ether oxygens (including phenoxy) is 2. The van der Waals surface area contributed by atoms with Crippen molar-refractivity contribution in [1.82, 2.24) is 4.98 Å². The van der Waals surface area contributed by atoms with Crippen LogP contribution in [0.2, 0.25) is 0 Å². The van der Waals surface area contributed by atoms with Crippen LogP contribution >= 0.6 is 23.1 Å². The van der Waals surface area contributed by atoms with Gasteiger partial charge in [0.2, 0.25) is 0 Å². The molecule has 206 valence electrons. The number of carbonyl (C=O) groups is 1. The summed E-state index contributed by atoms with van der Waals surface area (Å²) in [5.74, 6) is 2.38. The Bertz CT molecular complexity index is 999. The molecular weight excluding hydrogens is 498 g/mol. The van der Waals surface area contributed by atoms with Gasteiger partial charge in [-0.25, -0.2) is 4.98 Å². The van der Waals surface area contributed by atoms with Gasteiger partial charge in [-0.1, -0.05) is 70.2 Å². The fourth-order valence-corrected chi connectivity index (χ4v) is 7.84. The number of thioether (sulfide) groups is 1. The van der Waals surface area contributed by atoms with Gasteiger partial charge >= 0.3 is 0 Å². The summed E-state index contributed by atoms with van der Waals surface area (Å²) in [5.41, 5.74) is 2.60. The van der Waals surface area contributed by atoms with E-state index in [1.165, 1.54) is 21.0 Å². The first-order valence-electron chi connectivity index (χ1n) is 13.9. The second-order valence-corrected chi connectivity index (χ2v) is 14.3. The highest BCUT2D eigenvalue weighted by atomic mass is 32.2. The lowest BCUT2D eigenvalue weighted by atomic mass is 9.84. The maximum atomic E-state index is 11.4. The van der Waals surface area contributed by atoms with Crippen LogP contribution in [0.15, 0.2) is 40.3 Å². The van der Waals surface area contributed by atoms with Gasteiger partial charge in [0, 0.05) is 17.6 Å². The number of aldehydes is 1. The van der Waals surface area contributed by atoms with Crippen molar-refractivity contribution in [3.63, 3.8) is 0 Å². The van der Waals surface area contributed by atoms with Crippen molar-refractivity contribution in [2.45, 2.75) is 103 Å².